The minimum Gasteiger partial charge on any atom is -0.453 e. The van der Waals surface area contributed by atoms with Gasteiger partial charge in [-0.05, 0) is 12.1 Å². The average molecular weight is 320 g/mol. The third-order valence-corrected chi connectivity index (χ3v) is 5.12. The lowest BCUT2D eigenvalue weighted by Gasteiger charge is -2.32. The molecule has 110 valence electrons. The number of piperazine rings is 1. The maximum absolute atomic E-state index is 12.4. The fourth-order valence-corrected chi connectivity index (χ4v) is 3.38. The summed E-state index contributed by atoms with van der Waals surface area (Å²) in [5.74, 6) is 0. The molecule has 0 spiro atoms. The lowest BCUT2D eigenvalue weighted by molar-refractivity contribution is 0.108. The summed E-state index contributed by atoms with van der Waals surface area (Å²) in [6.07, 6.45) is 0.778. The molecule has 1 aliphatic rings. The van der Waals surface area contributed by atoms with Crippen LogP contribution in [0.15, 0.2) is 23.2 Å². The first-order valence-corrected chi connectivity index (χ1v) is 7.71. The number of carbonyl (C=O) groups is 1. The van der Waals surface area contributed by atoms with Gasteiger partial charge in [0.15, 0.2) is 0 Å². The predicted octanol–water partition coefficient (Wildman–Crippen LogP) is 0.808. The number of hydrogen-bond donors (Lipinski definition) is 0. The maximum atomic E-state index is 12.4. The van der Waals surface area contributed by atoms with Crippen LogP contribution in [0.3, 0.4) is 0 Å². The Hall–Kier alpha value is -1.38. The Labute approximate surface area is 122 Å². The summed E-state index contributed by atoms with van der Waals surface area (Å²) in [6.45, 7) is 1.04. The van der Waals surface area contributed by atoms with Crippen molar-refractivity contribution in [3.63, 3.8) is 0 Å². The number of methoxy groups -OCH3 is 1. The Bertz CT molecular complexity index is 582. The largest absolute Gasteiger partial charge is 0.453 e. The Morgan fingerprint density at radius 1 is 1.30 bits per heavy atom. The first-order valence-electron chi connectivity index (χ1n) is 5.90. The summed E-state index contributed by atoms with van der Waals surface area (Å²) >= 11 is 5.64. The minimum atomic E-state index is -3.60. The predicted molar refractivity (Wildman–Crippen MR) is 72.0 cm³/mol. The highest BCUT2D eigenvalue weighted by Crippen LogP contribution is 2.18. The molecule has 2 heterocycles. The van der Waals surface area contributed by atoms with Crippen LogP contribution in [0, 0.1) is 0 Å². The smallest absolute Gasteiger partial charge is 0.409 e. The normalized spacial score (nSPS) is 17.0. The van der Waals surface area contributed by atoms with Gasteiger partial charge in [-0.1, -0.05) is 11.6 Å². The van der Waals surface area contributed by atoms with E-state index >= 15 is 0 Å². The Morgan fingerprint density at radius 3 is 2.45 bits per heavy atom. The fraction of sp³-hybridized carbons (Fsp3) is 0.455. The molecule has 0 aromatic carbocycles. The van der Waals surface area contributed by atoms with Crippen LogP contribution in [0.25, 0.3) is 0 Å². The number of carbonyl (C=O) groups excluding carboxylic acids is 1. The van der Waals surface area contributed by atoms with Crippen LogP contribution in [-0.2, 0) is 14.8 Å². The van der Waals surface area contributed by atoms with E-state index in [9.17, 15) is 13.2 Å². The number of nitrogens with zero attached hydrogens (tertiary/aromatic N) is 3. The summed E-state index contributed by atoms with van der Waals surface area (Å²) in [5, 5.41) is 0.236. The highest BCUT2D eigenvalue weighted by Gasteiger charge is 2.30. The monoisotopic (exact) mass is 319 g/mol. The van der Waals surface area contributed by atoms with Crippen molar-refractivity contribution in [1.82, 2.24) is 14.2 Å². The lowest BCUT2D eigenvalue weighted by Crippen LogP contribution is -2.50. The second kappa shape index (κ2) is 5.94. The van der Waals surface area contributed by atoms with E-state index in [0.717, 1.165) is 0 Å². The third kappa shape index (κ3) is 3.02. The molecule has 0 saturated carbocycles. The molecule has 2 rings (SSSR count). The van der Waals surface area contributed by atoms with Crippen molar-refractivity contribution in [2.75, 3.05) is 33.3 Å². The molecule has 0 unspecified atom stereocenters. The summed E-state index contributed by atoms with van der Waals surface area (Å²) in [6, 6.07) is 2.84. The van der Waals surface area contributed by atoms with Gasteiger partial charge < -0.3 is 9.64 Å². The van der Waals surface area contributed by atoms with Gasteiger partial charge in [0.25, 0.3) is 0 Å². The zero-order chi connectivity index (χ0) is 14.8. The molecular weight excluding hydrogens is 306 g/mol. The van der Waals surface area contributed by atoms with Crippen molar-refractivity contribution in [3.8, 4) is 0 Å². The molecule has 1 fully saturated rings. The quantitative estimate of drug-likeness (QED) is 0.754. The van der Waals surface area contributed by atoms with E-state index in [0.29, 0.717) is 13.1 Å². The van der Waals surface area contributed by atoms with Crippen molar-refractivity contribution in [2.24, 2.45) is 0 Å². The molecular formula is C11H14ClN3O4S. The van der Waals surface area contributed by atoms with Gasteiger partial charge in [-0.3, -0.25) is 0 Å². The molecule has 0 radical (unpaired) electrons. The molecule has 0 atom stereocenters. The van der Waals surface area contributed by atoms with Crippen molar-refractivity contribution in [3.05, 3.63) is 23.5 Å². The van der Waals surface area contributed by atoms with Crippen LogP contribution in [0.1, 0.15) is 0 Å². The number of ether oxygens (including phenoxy) is 1. The van der Waals surface area contributed by atoms with Crippen LogP contribution < -0.4 is 0 Å². The highest BCUT2D eigenvalue weighted by atomic mass is 35.5. The lowest BCUT2D eigenvalue weighted by atomic mass is 10.4. The zero-order valence-electron chi connectivity index (χ0n) is 10.8. The van der Waals surface area contributed by atoms with E-state index in [1.165, 1.54) is 34.6 Å². The number of rotatable bonds is 2. The van der Waals surface area contributed by atoms with E-state index in [-0.39, 0.29) is 23.1 Å². The van der Waals surface area contributed by atoms with E-state index in [4.69, 9.17) is 11.6 Å². The molecule has 1 amide bonds. The molecule has 0 aliphatic carbocycles. The first kappa shape index (κ1) is 15.0. The zero-order valence-corrected chi connectivity index (χ0v) is 12.4. The standard InChI is InChI=1S/C11H14ClN3O4S/c1-19-11(16)14-4-6-15(7-5-14)20(17,18)9-2-3-10(12)13-8-9/h2-3,8H,4-7H2,1H3. The second-order valence-corrected chi connectivity index (χ2v) is 6.50. The number of halogens is 1. The molecule has 0 bridgehead atoms. The SMILES string of the molecule is COC(=O)N1CCN(S(=O)(=O)c2ccc(Cl)nc2)CC1. The Kier molecular flexibility index (Phi) is 4.46. The van der Waals surface area contributed by atoms with Gasteiger partial charge in [0.2, 0.25) is 10.0 Å². The maximum Gasteiger partial charge on any atom is 0.409 e. The van der Waals surface area contributed by atoms with Gasteiger partial charge in [0, 0.05) is 32.4 Å². The number of amides is 1. The fourth-order valence-electron chi connectivity index (χ4n) is 1.90. The van der Waals surface area contributed by atoms with E-state index in [2.05, 4.69) is 9.72 Å². The molecule has 1 saturated heterocycles. The van der Waals surface area contributed by atoms with Crippen LogP contribution in [0.2, 0.25) is 5.15 Å². The average Bonchev–Trinajstić information content (AvgIpc) is 2.47. The van der Waals surface area contributed by atoms with Crippen LogP contribution >= 0.6 is 11.6 Å². The highest BCUT2D eigenvalue weighted by molar-refractivity contribution is 7.89. The van der Waals surface area contributed by atoms with E-state index in [1.807, 2.05) is 0 Å². The van der Waals surface area contributed by atoms with Gasteiger partial charge in [0.05, 0.1) is 7.11 Å². The topological polar surface area (TPSA) is 79.8 Å². The Balaban J connectivity index is 2.09. The van der Waals surface area contributed by atoms with Gasteiger partial charge >= 0.3 is 6.09 Å². The summed E-state index contributed by atoms with van der Waals surface area (Å²) < 4.78 is 30.6. The minimum absolute atomic E-state index is 0.0911. The number of hydrogen-bond acceptors (Lipinski definition) is 5. The van der Waals surface area contributed by atoms with Gasteiger partial charge in [-0.25, -0.2) is 18.2 Å². The third-order valence-electron chi connectivity index (χ3n) is 3.01. The summed E-state index contributed by atoms with van der Waals surface area (Å²) in [5.41, 5.74) is 0. The second-order valence-electron chi connectivity index (χ2n) is 4.18. The molecule has 9 heteroatoms. The van der Waals surface area contributed by atoms with Gasteiger partial charge in [-0.15, -0.1) is 0 Å². The van der Waals surface area contributed by atoms with E-state index in [1.54, 1.807) is 0 Å². The van der Waals surface area contributed by atoms with Crippen molar-refractivity contribution in [2.45, 2.75) is 4.90 Å². The number of pyridine rings is 1. The molecule has 0 N–H and O–H groups in total. The summed E-state index contributed by atoms with van der Waals surface area (Å²) in [4.78, 5) is 16.7. The summed E-state index contributed by atoms with van der Waals surface area (Å²) in [7, 11) is -2.30. The Morgan fingerprint density at radius 2 is 1.95 bits per heavy atom. The van der Waals surface area contributed by atoms with Crippen LogP contribution in [0.4, 0.5) is 4.79 Å². The van der Waals surface area contributed by atoms with Crippen molar-refractivity contribution in [1.29, 1.82) is 0 Å². The van der Waals surface area contributed by atoms with Crippen LogP contribution in [0.5, 0.6) is 0 Å². The van der Waals surface area contributed by atoms with Crippen LogP contribution in [-0.4, -0.2) is 62.0 Å². The first-order chi connectivity index (χ1) is 9.45. The van der Waals surface area contributed by atoms with Crippen molar-refractivity contribution >= 4 is 27.7 Å². The number of aromatic nitrogens is 1. The van der Waals surface area contributed by atoms with Crippen molar-refractivity contribution < 1.29 is 17.9 Å². The van der Waals surface area contributed by atoms with E-state index < -0.39 is 16.1 Å². The molecule has 20 heavy (non-hydrogen) atoms. The number of sulfonamides is 1. The van der Waals surface area contributed by atoms with Gasteiger partial charge in [0.1, 0.15) is 10.0 Å². The van der Waals surface area contributed by atoms with Gasteiger partial charge in [-0.2, -0.15) is 4.31 Å². The molecule has 1 aromatic rings. The molecule has 7 nitrogen and oxygen atoms in total. The molecule has 1 aromatic heterocycles. The molecule has 1 aliphatic heterocycles.